The zero-order valence-corrected chi connectivity index (χ0v) is 7.05. The molecule has 3 heteroatoms. The van der Waals surface area contributed by atoms with Crippen LogP contribution in [-0.2, 0) is 4.79 Å². The quantitative estimate of drug-likeness (QED) is 0.643. The Balaban J connectivity index is 2.48. The summed E-state index contributed by atoms with van der Waals surface area (Å²) in [5.74, 6) is 1.05. The lowest BCUT2D eigenvalue weighted by molar-refractivity contribution is -0.120. The van der Waals surface area contributed by atoms with Crippen LogP contribution in [0, 0.1) is 5.92 Å². The minimum atomic E-state index is 0.0520. The summed E-state index contributed by atoms with van der Waals surface area (Å²) in [7, 11) is 1.81. The fourth-order valence-corrected chi connectivity index (χ4v) is 1.32. The van der Waals surface area contributed by atoms with Gasteiger partial charge in [0.25, 0.3) is 5.91 Å². The molecule has 0 bridgehead atoms. The van der Waals surface area contributed by atoms with Crippen molar-refractivity contribution in [3.05, 3.63) is 0 Å². The summed E-state index contributed by atoms with van der Waals surface area (Å²) in [4.78, 5) is 15.0. The van der Waals surface area contributed by atoms with Crippen LogP contribution in [0.25, 0.3) is 0 Å². The van der Waals surface area contributed by atoms with E-state index in [-0.39, 0.29) is 11.8 Å². The standard InChI is InChI=1S/C8H14N2O/c1-3-4-6-5-7(9-2)10-8(6)11/h6H,3-5H2,1-2H3,(H,9,10,11). The lowest BCUT2D eigenvalue weighted by Gasteiger charge is -2.03. The fraction of sp³-hybridized carbons (Fsp3) is 0.750. The molecule has 62 valence electrons. The summed E-state index contributed by atoms with van der Waals surface area (Å²) in [6.07, 6.45) is 2.83. The van der Waals surface area contributed by atoms with Crippen LogP contribution in [-0.4, -0.2) is 18.8 Å². The van der Waals surface area contributed by atoms with E-state index >= 15 is 0 Å². The molecule has 0 saturated heterocycles. The molecule has 0 fully saturated rings. The highest BCUT2D eigenvalue weighted by atomic mass is 16.1. The first-order chi connectivity index (χ1) is 5.27. The van der Waals surface area contributed by atoms with Gasteiger partial charge in [0.05, 0.1) is 0 Å². The molecule has 1 atom stereocenters. The third-order valence-electron chi connectivity index (χ3n) is 1.96. The zero-order valence-electron chi connectivity index (χ0n) is 7.05. The van der Waals surface area contributed by atoms with Crippen LogP contribution < -0.4 is 5.32 Å². The Kier molecular flexibility index (Phi) is 2.63. The second kappa shape index (κ2) is 3.51. The first-order valence-corrected chi connectivity index (χ1v) is 4.07. The maximum atomic E-state index is 11.1. The van der Waals surface area contributed by atoms with E-state index in [1.807, 2.05) is 0 Å². The smallest absolute Gasteiger partial charge is 0.250 e. The Morgan fingerprint density at radius 2 is 2.45 bits per heavy atom. The van der Waals surface area contributed by atoms with Crippen LogP contribution in [0.2, 0.25) is 0 Å². The minimum Gasteiger partial charge on any atom is -0.376 e. The largest absolute Gasteiger partial charge is 0.376 e. The molecule has 0 aromatic heterocycles. The molecule has 1 heterocycles. The molecule has 0 saturated carbocycles. The van der Waals surface area contributed by atoms with Crippen LogP contribution in [0.15, 0.2) is 4.99 Å². The van der Waals surface area contributed by atoms with Gasteiger partial charge in [0.1, 0.15) is 5.84 Å². The van der Waals surface area contributed by atoms with E-state index in [0.717, 1.165) is 25.1 Å². The van der Waals surface area contributed by atoms with Crippen molar-refractivity contribution in [1.29, 1.82) is 0 Å². The topological polar surface area (TPSA) is 41.5 Å². The van der Waals surface area contributed by atoms with Crippen molar-refractivity contribution in [2.75, 3.05) is 7.05 Å². The summed E-state index contributed by atoms with van der Waals surface area (Å²) < 4.78 is 0. The Labute approximate surface area is 66.9 Å². The van der Waals surface area contributed by atoms with E-state index in [4.69, 9.17) is 0 Å². The first-order valence-electron chi connectivity index (χ1n) is 4.07. The van der Waals surface area contributed by atoms with Gasteiger partial charge in [-0.15, -0.1) is 0 Å². The number of carbonyl (C=O) groups is 1. The molecule has 1 aliphatic heterocycles. The van der Waals surface area contributed by atoms with E-state index < -0.39 is 0 Å². The van der Waals surface area contributed by atoms with E-state index in [9.17, 15) is 4.79 Å². The van der Waals surface area contributed by atoms with Crippen LogP contribution >= 0.6 is 0 Å². The van der Waals surface area contributed by atoms with Gasteiger partial charge >= 0.3 is 0 Å². The van der Waals surface area contributed by atoms with E-state index in [1.165, 1.54) is 0 Å². The van der Waals surface area contributed by atoms with E-state index in [2.05, 4.69) is 17.2 Å². The van der Waals surface area contributed by atoms with Gasteiger partial charge in [-0.2, -0.15) is 0 Å². The lowest BCUT2D eigenvalue weighted by Crippen LogP contribution is -2.16. The summed E-state index contributed by atoms with van der Waals surface area (Å²) in [6, 6.07) is 0. The van der Waals surface area contributed by atoms with Crippen molar-refractivity contribution < 1.29 is 4.79 Å². The molecule has 11 heavy (non-hydrogen) atoms. The van der Waals surface area contributed by atoms with Crippen molar-refractivity contribution in [3.63, 3.8) is 0 Å². The summed E-state index contributed by atoms with van der Waals surface area (Å²) in [6.45, 7) is 2.09. The molecule has 0 aromatic carbocycles. The number of amidine groups is 1. The van der Waals surface area contributed by atoms with Crippen molar-refractivity contribution >= 4 is 11.7 Å². The molecule has 1 amide bonds. The highest BCUT2D eigenvalue weighted by Crippen LogP contribution is 2.18. The SMILES string of the molecule is CCCC1CC(NC)=NC1=O. The first kappa shape index (κ1) is 8.24. The monoisotopic (exact) mass is 154 g/mol. The summed E-state index contributed by atoms with van der Waals surface area (Å²) in [5, 5.41) is 2.91. The number of hydrogen-bond acceptors (Lipinski definition) is 2. The highest BCUT2D eigenvalue weighted by Gasteiger charge is 2.25. The summed E-state index contributed by atoms with van der Waals surface area (Å²) in [5.41, 5.74) is 0. The van der Waals surface area contributed by atoms with Gasteiger partial charge in [0, 0.05) is 19.4 Å². The molecule has 0 spiro atoms. The minimum absolute atomic E-state index is 0.0520. The number of rotatable bonds is 2. The van der Waals surface area contributed by atoms with Crippen LogP contribution in [0.5, 0.6) is 0 Å². The second-order valence-electron chi connectivity index (χ2n) is 2.84. The van der Waals surface area contributed by atoms with Crippen LogP contribution in [0.3, 0.4) is 0 Å². The average molecular weight is 154 g/mol. The number of aliphatic imine (C=N–C) groups is 1. The molecular weight excluding hydrogens is 140 g/mol. The van der Waals surface area contributed by atoms with Crippen molar-refractivity contribution in [2.45, 2.75) is 26.2 Å². The van der Waals surface area contributed by atoms with Gasteiger partial charge in [-0.05, 0) is 6.42 Å². The Morgan fingerprint density at radius 3 is 2.91 bits per heavy atom. The van der Waals surface area contributed by atoms with Gasteiger partial charge in [-0.1, -0.05) is 13.3 Å². The number of nitrogens with one attached hydrogen (secondary N) is 1. The normalized spacial score (nSPS) is 23.6. The van der Waals surface area contributed by atoms with Gasteiger partial charge in [-0.3, -0.25) is 4.79 Å². The molecule has 0 aromatic rings. The molecular formula is C8H14N2O. The van der Waals surface area contributed by atoms with Crippen molar-refractivity contribution in [2.24, 2.45) is 10.9 Å². The molecule has 0 aliphatic carbocycles. The maximum Gasteiger partial charge on any atom is 0.250 e. The van der Waals surface area contributed by atoms with Gasteiger partial charge in [-0.25, -0.2) is 4.99 Å². The number of nitrogens with zero attached hydrogens (tertiary/aromatic N) is 1. The molecule has 3 nitrogen and oxygen atoms in total. The third-order valence-corrected chi connectivity index (χ3v) is 1.96. The lowest BCUT2D eigenvalue weighted by atomic mass is 10.0. The molecule has 1 N–H and O–H groups in total. The summed E-state index contributed by atoms with van der Waals surface area (Å²) >= 11 is 0. The third kappa shape index (κ3) is 1.79. The zero-order chi connectivity index (χ0) is 8.27. The molecule has 1 unspecified atom stereocenters. The molecule has 1 rings (SSSR count). The second-order valence-corrected chi connectivity index (χ2v) is 2.84. The van der Waals surface area contributed by atoms with Crippen molar-refractivity contribution in [1.82, 2.24) is 5.32 Å². The Hall–Kier alpha value is -0.860. The number of amides is 1. The highest BCUT2D eigenvalue weighted by molar-refractivity contribution is 6.02. The average Bonchev–Trinajstić information content (AvgIpc) is 2.33. The predicted molar refractivity (Wildman–Crippen MR) is 44.5 cm³/mol. The van der Waals surface area contributed by atoms with Gasteiger partial charge in [0.15, 0.2) is 0 Å². The van der Waals surface area contributed by atoms with E-state index in [1.54, 1.807) is 7.05 Å². The van der Waals surface area contributed by atoms with Crippen LogP contribution in [0.4, 0.5) is 0 Å². The van der Waals surface area contributed by atoms with Gasteiger partial charge in [0.2, 0.25) is 0 Å². The Bertz CT molecular complexity index is 187. The fourth-order valence-electron chi connectivity index (χ4n) is 1.32. The predicted octanol–water partition coefficient (Wildman–Crippen LogP) is 0.951. The Morgan fingerprint density at radius 1 is 1.73 bits per heavy atom. The number of carbonyl (C=O) groups excluding carboxylic acids is 1. The van der Waals surface area contributed by atoms with Gasteiger partial charge < -0.3 is 5.32 Å². The van der Waals surface area contributed by atoms with Crippen molar-refractivity contribution in [3.8, 4) is 0 Å². The molecule has 1 aliphatic rings. The molecule has 0 radical (unpaired) electrons. The van der Waals surface area contributed by atoms with Crippen LogP contribution in [0.1, 0.15) is 26.2 Å². The number of hydrogen-bond donors (Lipinski definition) is 1. The maximum absolute atomic E-state index is 11.1. The van der Waals surface area contributed by atoms with E-state index in [0.29, 0.717) is 0 Å².